The van der Waals surface area contributed by atoms with E-state index in [0.29, 0.717) is 66.8 Å². The smallest absolute Gasteiger partial charge is 0.419 e. The van der Waals surface area contributed by atoms with E-state index in [1.807, 2.05) is 256 Å². The summed E-state index contributed by atoms with van der Waals surface area (Å²) in [4.78, 5) is 0. The monoisotopic (exact) mass is 1340 g/mol. The van der Waals surface area contributed by atoms with Gasteiger partial charge >= 0.3 is 70.4 Å². The number of fused-ring (bicyclic) bond motifs is 4. The van der Waals surface area contributed by atoms with Crippen LogP contribution in [-0.2, 0) is 57.9 Å². The van der Waals surface area contributed by atoms with Crippen LogP contribution >= 0.6 is 0 Å². The lowest BCUT2D eigenvalue weighted by Gasteiger charge is -2.57. The van der Waals surface area contributed by atoms with Crippen LogP contribution in [0.2, 0.25) is 32.2 Å². The Kier molecular flexibility index (Phi) is 20.0. The van der Waals surface area contributed by atoms with E-state index < -0.39 is 98.3 Å². The molecule has 4 unspecified atom stereocenters. The van der Waals surface area contributed by atoms with Crippen molar-refractivity contribution >= 4 is 140 Å². The predicted molar refractivity (Wildman–Crippen MR) is 354 cm³/mol. The number of rotatable bonds is 22. The van der Waals surface area contributed by atoms with Crippen LogP contribution in [-0.4, -0.2) is 128 Å². The van der Waals surface area contributed by atoms with Crippen LogP contribution in [0.3, 0.4) is 0 Å². The van der Waals surface area contributed by atoms with Crippen LogP contribution in [0.5, 0.6) is 0 Å². The Labute approximate surface area is 518 Å². The summed E-state index contributed by atoms with van der Waals surface area (Å²) in [6.45, 7) is 8.15. The Bertz CT molecular complexity index is 3300. The molecule has 16 nitrogen and oxygen atoms in total. The van der Waals surface area contributed by atoms with Crippen LogP contribution < -0.4 is 41.5 Å². The number of unbranched alkanes of at least 4 members (excludes halogenated alkanes) is 1. The highest BCUT2D eigenvalue weighted by Gasteiger charge is 2.80. The lowest BCUT2D eigenvalue weighted by atomic mass is 10.3. The number of hydrogen-bond acceptors (Lipinski definition) is 16. The zero-order chi connectivity index (χ0) is 59.7. The molecule has 0 aliphatic carbocycles. The highest BCUT2D eigenvalue weighted by atomic mass is 28.6. The van der Waals surface area contributed by atoms with Crippen LogP contribution in [0.4, 0.5) is 0 Å². The van der Waals surface area contributed by atoms with E-state index in [2.05, 4.69) is 13.1 Å². The van der Waals surface area contributed by atoms with Gasteiger partial charge in [-0.25, -0.2) is 0 Å². The van der Waals surface area contributed by atoms with Crippen molar-refractivity contribution in [1.82, 2.24) is 0 Å². The first kappa shape index (κ1) is 63.1. The Morgan fingerprint density at radius 2 is 0.581 bits per heavy atom. The molecule has 0 spiro atoms. The lowest BCUT2D eigenvalue weighted by Crippen LogP contribution is -2.90. The third kappa shape index (κ3) is 13.1. The molecule has 2 N–H and O–H groups in total. The van der Waals surface area contributed by atoms with Gasteiger partial charge in [-0.1, -0.05) is 256 Å². The fourth-order valence-corrected chi connectivity index (χ4v) is 62.1. The second kappa shape index (κ2) is 27.3. The van der Waals surface area contributed by atoms with Gasteiger partial charge in [0.25, 0.3) is 0 Å². The van der Waals surface area contributed by atoms with Crippen molar-refractivity contribution in [2.24, 2.45) is 0 Å². The van der Waals surface area contributed by atoms with E-state index in [1.165, 1.54) is 0 Å². The maximum absolute atomic E-state index is 10.6. The lowest BCUT2D eigenvalue weighted by molar-refractivity contribution is 0.0391. The largest absolute Gasteiger partial charge is 0.522 e. The van der Waals surface area contributed by atoms with Crippen molar-refractivity contribution in [1.29, 1.82) is 0 Å². The number of benzene rings is 8. The summed E-state index contributed by atoms with van der Waals surface area (Å²) in [5.74, 6) is 0. The molecule has 4 fully saturated rings. The third-order valence-electron chi connectivity index (χ3n) is 14.6. The van der Waals surface area contributed by atoms with Crippen molar-refractivity contribution in [2.75, 3.05) is 19.8 Å². The van der Waals surface area contributed by atoms with Gasteiger partial charge in [-0.3, -0.25) is 0 Å². The summed E-state index contributed by atoms with van der Waals surface area (Å²) < 4.78 is 116. The van der Waals surface area contributed by atoms with Crippen molar-refractivity contribution in [3.63, 3.8) is 0 Å². The molecule has 0 saturated carbocycles. The molecule has 27 heteroatoms. The minimum absolute atomic E-state index is 0.0484. The molecule has 8 aromatic rings. The van der Waals surface area contributed by atoms with Gasteiger partial charge in [0.05, 0.1) is 0 Å². The summed E-state index contributed by atoms with van der Waals surface area (Å²) in [5, 5.41) is 25.0. The van der Waals surface area contributed by atoms with Gasteiger partial charge in [0, 0.05) is 61.3 Å². The minimum Gasteiger partial charge on any atom is -0.419 e. The van der Waals surface area contributed by atoms with Gasteiger partial charge in [-0.2, -0.15) is 0 Å². The SMILES string of the molecule is C[SiH2]O[Si]1(c2ccccc2)O[Si]2(c3ccccc3)O[Si](OCCCCO)(c3ccccc3)O[Si](c3ccccc3)(O1)O[Si]1(c3ccccc3)O[Si](O[SiH2]C)(c3ccccc3)O[Si](c3ccccc3)(O[Si](O[Si](C)(C)CCCO)(c3ccccc3)O1)O2. The molecule has 8 aromatic carbocycles. The van der Waals surface area contributed by atoms with E-state index in [4.69, 9.17) is 57.9 Å². The minimum atomic E-state index is -5.24. The molecule has 12 rings (SSSR count). The Balaban J connectivity index is 1.41. The van der Waals surface area contributed by atoms with Gasteiger partial charge in [0.15, 0.2) is 8.32 Å². The van der Waals surface area contributed by atoms with Gasteiger partial charge in [0.2, 0.25) is 0 Å². The standard InChI is InChI=1S/C59H72O16Si11/c1-76-63-80(53-34-15-6-16-35-53)68-83(56-40-21-9-22-41-56)66-79(62-50-30-29-48-60,52-32-13-5-14-33-52)67-84(69-80,57-42-23-10-24-43-57)75-86(59-46-27-12-28-47-59)71-81(64-77-2,54-36-17-7-18-37-54)70-85(74-83,58-44-25-11-26-45-58)72-82(73-86,55-38-19-8-20-39-55)65-78(3,4)51-31-49-61/h5-28,32-47,60-61H,29-31,48-51,76-77H2,1-4H3. The third-order valence-corrected chi connectivity index (χ3v) is 55.2. The summed E-state index contributed by atoms with van der Waals surface area (Å²) in [7, 11) is -46.5. The maximum atomic E-state index is 10.6. The van der Waals surface area contributed by atoms with Crippen LogP contribution in [0.25, 0.3) is 0 Å². The molecule has 4 atom stereocenters. The molecule has 0 amide bonds. The average molecular weight is 1350 g/mol. The van der Waals surface area contributed by atoms with Gasteiger partial charge in [-0.15, -0.1) is 0 Å². The topological polar surface area (TPSA) is 170 Å². The second-order valence-corrected chi connectivity index (χ2v) is 51.5. The predicted octanol–water partition coefficient (Wildman–Crippen LogP) is 3.65. The molecule has 448 valence electrons. The molecular formula is C59H72O16Si11. The number of aliphatic hydroxyl groups excluding tert-OH is 2. The quantitative estimate of drug-likeness (QED) is 0.0745. The second-order valence-electron chi connectivity index (χ2n) is 21.2. The van der Waals surface area contributed by atoms with Crippen molar-refractivity contribution in [3.8, 4) is 0 Å². The molecule has 0 aromatic heterocycles. The van der Waals surface area contributed by atoms with Crippen LogP contribution in [0, 0.1) is 0 Å². The van der Waals surface area contributed by atoms with Gasteiger partial charge < -0.3 is 68.1 Å². The summed E-state index contributed by atoms with van der Waals surface area (Å²) in [6, 6.07) is 77.3. The zero-order valence-corrected chi connectivity index (χ0v) is 60.4. The molecule has 4 saturated heterocycles. The molecule has 86 heavy (non-hydrogen) atoms. The highest BCUT2D eigenvalue weighted by Crippen LogP contribution is 2.43. The first-order valence-electron chi connectivity index (χ1n) is 29.2. The van der Waals surface area contributed by atoms with Crippen molar-refractivity contribution < 1.29 is 68.1 Å². The van der Waals surface area contributed by atoms with E-state index in [9.17, 15) is 10.2 Å². The normalized spacial score (nSPS) is 28.9. The first-order valence-corrected chi connectivity index (χ1v) is 50.1. The van der Waals surface area contributed by atoms with E-state index in [-0.39, 0.29) is 19.8 Å². The summed E-state index contributed by atoms with van der Waals surface area (Å²) >= 11 is 0. The molecule has 4 bridgehead atoms. The number of aliphatic hydroxyl groups is 2. The Morgan fingerprint density at radius 3 is 0.872 bits per heavy atom. The molecule has 4 aliphatic heterocycles. The van der Waals surface area contributed by atoms with Crippen LogP contribution in [0.1, 0.15) is 19.3 Å². The Hall–Kier alpha value is -4.49. The molecular weight excluding hydrogens is 1270 g/mol. The fourth-order valence-electron chi connectivity index (χ4n) is 10.7. The highest BCUT2D eigenvalue weighted by molar-refractivity contribution is 7.10. The fraction of sp³-hybridized carbons (Fsp3) is 0.186. The van der Waals surface area contributed by atoms with Crippen molar-refractivity contribution in [2.45, 2.75) is 51.5 Å². The molecule has 4 heterocycles. The van der Waals surface area contributed by atoms with Gasteiger partial charge in [-0.05, 0) is 38.4 Å². The van der Waals surface area contributed by atoms with E-state index >= 15 is 0 Å². The number of hydrogen-bond donors (Lipinski definition) is 2. The van der Waals surface area contributed by atoms with Crippen LogP contribution in [0.15, 0.2) is 243 Å². The summed E-state index contributed by atoms with van der Waals surface area (Å²) in [6.07, 6.45) is 1.26. The molecule has 0 radical (unpaired) electrons. The first-order chi connectivity index (χ1) is 41.9. The zero-order valence-electron chi connectivity index (χ0n) is 48.6. The average Bonchev–Trinajstić information content (AvgIpc) is 0.832. The maximum Gasteiger partial charge on any atom is 0.522 e. The molecule has 4 aliphatic rings. The van der Waals surface area contributed by atoms with E-state index in [0.717, 1.165) is 0 Å². The van der Waals surface area contributed by atoms with Crippen molar-refractivity contribution in [3.05, 3.63) is 243 Å². The Morgan fingerprint density at radius 1 is 0.326 bits per heavy atom. The van der Waals surface area contributed by atoms with Gasteiger partial charge in [0.1, 0.15) is 19.5 Å². The summed E-state index contributed by atoms with van der Waals surface area (Å²) in [5.41, 5.74) is 0. The van der Waals surface area contributed by atoms with E-state index in [1.54, 1.807) is 0 Å².